The summed E-state index contributed by atoms with van der Waals surface area (Å²) in [6.07, 6.45) is 3.09. The topological polar surface area (TPSA) is 54.4 Å². The summed E-state index contributed by atoms with van der Waals surface area (Å²) >= 11 is 9.08. The lowest BCUT2D eigenvalue weighted by Crippen LogP contribution is -2.19. The third kappa shape index (κ3) is 3.88. The number of hydrogen-bond acceptors (Lipinski definition) is 3. The fourth-order valence-electron chi connectivity index (χ4n) is 1.49. The van der Waals surface area contributed by atoms with Crippen molar-refractivity contribution < 1.29 is 4.79 Å². The highest BCUT2D eigenvalue weighted by Crippen LogP contribution is 2.11. The Morgan fingerprint density at radius 1 is 1.25 bits per heavy atom. The summed E-state index contributed by atoms with van der Waals surface area (Å²) in [6, 6.07) is 8.91. The predicted molar refractivity (Wildman–Crippen MR) is 83.1 cm³/mol. The maximum Gasteiger partial charge on any atom is 0.272 e. The van der Waals surface area contributed by atoms with Crippen LogP contribution in [-0.2, 0) is 0 Å². The highest BCUT2D eigenvalue weighted by molar-refractivity contribution is 9.10. The minimum absolute atomic E-state index is 0.313. The second-order valence-corrected chi connectivity index (χ2v) is 5.39. The first-order chi connectivity index (χ1) is 9.56. The lowest BCUT2D eigenvalue weighted by molar-refractivity contribution is 0.0954. The van der Waals surface area contributed by atoms with Crippen molar-refractivity contribution in [2.75, 3.05) is 0 Å². The van der Waals surface area contributed by atoms with Gasteiger partial charge in [-0.25, -0.2) is 5.43 Å². The van der Waals surface area contributed by atoms with Gasteiger partial charge in [0, 0.05) is 21.9 Å². The molecule has 0 spiro atoms. The smallest absolute Gasteiger partial charge is 0.267 e. The maximum absolute atomic E-state index is 11.9. The Balaban J connectivity index is 2.08. The molecular weight excluding hydrogens is 342 g/mol. The van der Waals surface area contributed by atoms with Gasteiger partial charge in [-0.05, 0) is 46.6 Å². The molecule has 4 nitrogen and oxygen atoms in total. The number of halogens is 2. The summed E-state index contributed by atoms with van der Waals surface area (Å²) in [5.74, 6) is -0.313. The summed E-state index contributed by atoms with van der Waals surface area (Å²) in [7, 11) is 0. The van der Waals surface area contributed by atoms with E-state index in [1.54, 1.807) is 24.4 Å². The molecule has 6 heteroatoms. The van der Waals surface area contributed by atoms with Crippen molar-refractivity contribution >= 4 is 39.1 Å². The molecule has 102 valence electrons. The molecule has 2 rings (SSSR count). The van der Waals surface area contributed by atoms with Crippen LogP contribution in [0.4, 0.5) is 0 Å². The molecule has 1 amide bonds. The molecule has 0 atom stereocenters. The Morgan fingerprint density at radius 2 is 1.95 bits per heavy atom. The van der Waals surface area contributed by atoms with E-state index in [-0.39, 0.29) is 5.91 Å². The largest absolute Gasteiger partial charge is 0.272 e. The number of carbonyl (C=O) groups is 1. The molecule has 1 N–H and O–H groups in total. The van der Waals surface area contributed by atoms with Gasteiger partial charge in [-0.2, -0.15) is 5.10 Å². The van der Waals surface area contributed by atoms with E-state index >= 15 is 0 Å². The number of nitrogens with zero attached hydrogens (tertiary/aromatic N) is 2. The van der Waals surface area contributed by atoms with Crippen LogP contribution in [0.5, 0.6) is 0 Å². The average molecular weight is 353 g/mol. The Hall–Kier alpha value is -1.72. The molecule has 1 aromatic heterocycles. The molecule has 2 aromatic rings. The van der Waals surface area contributed by atoms with Crippen LogP contribution in [0.3, 0.4) is 0 Å². The molecule has 0 aliphatic rings. The fraction of sp³-hybridized carbons (Fsp3) is 0.0714. The quantitative estimate of drug-likeness (QED) is 0.677. The van der Waals surface area contributed by atoms with Crippen LogP contribution in [-0.4, -0.2) is 16.6 Å². The van der Waals surface area contributed by atoms with Gasteiger partial charge in [0.15, 0.2) is 0 Å². The van der Waals surface area contributed by atoms with Crippen LogP contribution in [0.15, 0.2) is 52.3 Å². The first-order valence-electron chi connectivity index (χ1n) is 5.77. The van der Waals surface area contributed by atoms with Crippen molar-refractivity contribution in [1.82, 2.24) is 10.4 Å². The maximum atomic E-state index is 11.9. The van der Waals surface area contributed by atoms with Crippen LogP contribution >= 0.6 is 27.5 Å². The molecule has 0 bridgehead atoms. The third-order valence-electron chi connectivity index (χ3n) is 2.55. The highest BCUT2D eigenvalue weighted by Gasteiger charge is 2.06. The van der Waals surface area contributed by atoms with E-state index in [1.807, 2.05) is 19.1 Å². The summed E-state index contributed by atoms with van der Waals surface area (Å²) < 4.78 is 0.739. The van der Waals surface area contributed by atoms with E-state index in [1.165, 1.54) is 6.20 Å². The number of carbonyl (C=O) groups excluding carboxylic acids is 1. The Bertz CT molecular complexity index is 656. The molecule has 0 fully saturated rings. The number of benzene rings is 1. The summed E-state index contributed by atoms with van der Waals surface area (Å²) in [5, 5.41) is 4.72. The summed E-state index contributed by atoms with van der Waals surface area (Å²) in [4.78, 5) is 15.8. The first-order valence-corrected chi connectivity index (χ1v) is 6.94. The van der Waals surface area contributed by atoms with Crippen LogP contribution in [0.25, 0.3) is 0 Å². The number of pyridine rings is 1. The Kier molecular flexibility index (Phi) is 4.87. The number of aromatic nitrogens is 1. The zero-order valence-electron chi connectivity index (χ0n) is 10.6. The van der Waals surface area contributed by atoms with Gasteiger partial charge in [-0.15, -0.1) is 0 Å². The van der Waals surface area contributed by atoms with Gasteiger partial charge in [0.25, 0.3) is 5.91 Å². The van der Waals surface area contributed by atoms with Crippen molar-refractivity contribution in [3.63, 3.8) is 0 Å². The van der Waals surface area contributed by atoms with Crippen molar-refractivity contribution in [2.45, 2.75) is 6.92 Å². The van der Waals surface area contributed by atoms with E-state index in [0.29, 0.717) is 16.3 Å². The molecule has 0 aliphatic carbocycles. The molecule has 0 saturated carbocycles. The van der Waals surface area contributed by atoms with Crippen LogP contribution in [0, 0.1) is 0 Å². The summed E-state index contributed by atoms with van der Waals surface area (Å²) in [6.45, 7) is 1.81. The Morgan fingerprint density at radius 3 is 2.60 bits per heavy atom. The molecule has 0 saturated heterocycles. The zero-order valence-corrected chi connectivity index (χ0v) is 12.9. The normalized spacial score (nSPS) is 11.2. The van der Waals surface area contributed by atoms with Gasteiger partial charge in [0.1, 0.15) is 0 Å². The standard InChI is InChI=1S/C14H11BrClN3O/c1-9(10-2-4-13(16)5-3-10)18-19-14(20)11-6-12(15)8-17-7-11/h2-8H,1H3,(H,19,20)/b18-9-. The van der Waals surface area contributed by atoms with Gasteiger partial charge >= 0.3 is 0 Å². The number of rotatable bonds is 3. The highest BCUT2D eigenvalue weighted by atomic mass is 79.9. The van der Waals surface area contributed by atoms with E-state index in [0.717, 1.165) is 10.0 Å². The second kappa shape index (κ2) is 6.63. The van der Waals surface area contributed by atoms with Gasteiger partial charge in [0.2, 0.25) is 0 Å². The third-order valence-corrected chi connectivity index (χ3v) is 3.24. The number of amides is 1. The second-order valence-electron chi connectivity index (χ2n) is 4.04. The zero-order chi connectivity index (χ0) is 14.5. The number of hydrogen-bond donors (Lipinski definition) is 1. The van der Waals surface area contributed by atoms with Gasteiger partial charge < -0.3 is 0 Å². The van der Waals surface area contributed by atoms with Crippen LogP contribution in [0.1, 0.15) is 22.8 Å². The SMILES string of the molecule is C/C(=N/NC(=O)c1cncc(Br)c1)c1ccc(Cl)cc1. The molecule has 20 heavy (non-hydrogen) atoms. The van der Waals surface area contributed by atoms with E-state index in [4.69, 9.17) is 11.6 Å². The first kappa shape index (κ1) is 14.7. The van der Waals surface area contributed by atoms with Crippen molar-refractivity contribution in [3.8, 4) is 0 Å². The monoisotopic (exact) mass is 351 g/mol. The lowest BCUT2D eigenvalue weighted by Gasteiger charge is -2.03. The molecule has 0 unspecified atom stereocenters. The fourth-order valence-corrected chi connectivity index (χ4v) is 1.98. The predicted octanol–water partition coefficient (Wildman–Crippen LogP) is 3.65. The molecular formula is C14H11BrClN3O. The minimum Gasteiger partial charge on any atom is -0.267 e. The van der Waals surface area contributed by atoms with Gasteiger partial charge in [-0.1, -0.05) is 23.7 Å². The molecule has 0 aliphatic heterocycles. The number of hydrazone groups is 1. The molecule has 0 radical (unpaired) electrons. The van der Waals surface area contributed by atoms with Crippen molar-refractivity contribution in [2.24, 2.45) is 5.10 Å². The molecule has 1 aromatic carbocycles. The van der Waals surface area contributed by atoms with E-state index in [2.05, 4.69) is 31.4 Å². The van der Waals surface area contributed by atoms with Gasteiger partial charge in [0.05, 0.1) is 11.3 Å². The van der Waals surface area contributed by atoms with Crippen molar-refractivity contribution in [3.05, 3.63) is 63.3 Å². The number of nitrogens with one attached hydrogen (secondary N) is 1. The van der Waals surface area contributed by atoms with Crippen LogP contribution < -0.4 is 5.43 Å². The molecule has 1 heterocycles. The van der Waals surface area contributed by atoms with E-state index in [9.17, 15) is 4.79 Å². The van der Waals surface area contributed by atoms with E-state index < -0.39 is 0 Å². The lowest BCUT2D eigenvalue weighted by atomic mass is 10.1. The van der Waals surface area contributed by atoms with Crippen molar-refractivity contribution in [1.29, 1.82) is 0 Å². The van der Waals surface area contributed by atoms with Gasteiger partial charge in [-0.3, -0.25) is 9.78 Å². The summed E-state index contributed by atoms with van der Waals surface area (Å²) in [5.41, 5.74) is 4.51. The Labute approximate surface area is 130 Å². The van der Waals surface area contributed by atoms with Crippen LogP contribution in [0.2, 0.25) is 5.02 Å². The average Bonchev–Trinajstić information content (AvgIpc) is 2.45. The minimum atomic E-state index is -0.313.